The molecule has 0 spiro atoms. The molecule has 2 bridgehead atoms. The zero-order chi connectivity index (χ0) is 17.1. The number of aromatic nitrogens is 2. The van der Waals surface area contributed by atoms with Gasteiger partial charge in [-0.1, -0.05) is 6.07 Å². The van der Waals surface area contributed by atoms with E-state index in [-0.39, 0.29) is 12.1 Å². The minimum Gasteiger partial charge on any atom is -0.489 e. The first-order valence-corrected chi connectivity index (χ1v) is 9.17. The Balaban J connectivity index is 1.46. The van der Waals surface area contributed by atoms with Gasteiger partial charge < -0.3 is 14.4 Å². The van der Waals surface area contributed by atoms with Crippen LogP contribution in [0.4, 0.5) is 0 Å². The monoisotopic (exact) mass is 341 g/mol. The Morgan fingerprint density at radius 2 is 2.04 bits per heavy atom. The smallest absolute Gasteiger partial charge is 0.359 e. The number of hydrogen-bond acceptors (Lipinski definition) is 5. The van der Waals surface area contributed by atoms with E-state index in [2.05, 4.69) is 17.0 Å². The molecule has 132 valence electrons. The minimum absolute atomic E-state index is 0.00580. The maximum absolute atomic E-state index is 12.9. The number of carbonyl (C=O) groups excluding carboxylic acids is 1. The Morgan fingerprint density at radius 1 is 1.28 bits per heavy atom. The van der Waals surface area contributed by atoms with Crippen LogP contribution in [0.15, 0.2) is 12.1 Å². The fraction of sp³-hybridized carbons (Fsp3) is 0.579. The third-order valence-corrected chi connectivity index (χ3v) is 6.15. The maximum Gasteiger partial charge on any atom is 0.359 e. The molecule has 3 aliphatic rings. The summed E-state index contributed by atoms with van der Waals surface area (Å²) in [6.45, 7) is 3.25. The van der Waals surface area contributed by atoms with Crippen molar-refractivity contribution in [3.05, 3.63) is 23.4 Å². The van der Waals surface area contributed by atoms with Gasteiger partial charge in [-0.2, -0.15) is 5.10 Å². The molecule has 1 aromatic carbocycles. The molecule has 4 heterocycles. The van der Waals surface area contributed by atoms with Crippen LogP contribution in [0.5, 0.6) is 5.75 Å². The van der Waals surface area contributed by atoms with E-state index in [1.165, 1.54) is 12.8 Å². The second kappa shape index (κ2) is 5.46. The summed E-state index contributed by atoms with van der Waals surface area (Å²) in [6, 6.07) is 5.05. The first kappa shape index (κ1) is 15.2. The van der Waals surface area contributed by atoms with Gasteiger partial charge in [-0.25, -0.2) is 4.79 Å². The van der Waals surface area contributed by atoms with Gasteiger partial charge in [0.05, 0.1) is 6.54 Å². The van der Waals surface area contributed by atoms with Gasteiger partial charge in [-0.3, -0.25) is 4.68 Å². The molecule has 0 N–H and O–H groups in total. The van der Waals surface area contributed by atoms with Gasteiger partial charge in [0.1, 0.15) is 24.0 Å². The molecular weight excluding hydrogens is 318 g/mol. The number of esters is 1. The third kappa shape index (κ3) is 2.27. The van der Waals surface area contributed by atoms with E-state index >= 15 is 0 Å². The normalized spacial score (nSPS) is 28.2. The average Bonchev–Trinajstić information content (AvgIpc) is 3.07. The largest absolute Gasteiger partial charge is 0.489 e. The molecular formula is C19H23N3O3. The van der Waals surface area contributed by atoms with Crippen molar-refractivity contribution in [2.75, 3.05) is 13.7 Å². The summed E-state index contributed by atoms with van der Waals surface area (Å²) in [5.41, 5.74) is 2.39. The summed E-state index contributed by atoms with van der Waals surface area (Å²) in [4.78, 5) is 15.4. The Bertz CT molecular complexity index is 845. The average molecular weight is 341 g/mol. The van der Waals surface area contributed by atoms with Gasteiger partial charge in [0.25, 0.3) is 0 Å². The van der Waals surface area contributed by atoms with Crippen LogP contribution in [-0.2, 0) is 11.3 Å². The van der Waals surface area contributed by atoms with Crippen molar-refractivity contribution in [1.82, 2.24) is 14.7 Å². The number of ether oxygens (including phenoxy) is 2. The van der Waals surface area contributed by atoms with Crippen LogP contribution in [-0.4, -0.2) is 52.5 Å². The Morgan fingerprint density at radius 3 is 2.80 bits per heavy atom. The fourth-order valence-corrected chi connectivity index (χ4v) is 4.78. The topological polar surface area (TPSA) is 56.6 Å². The quantitative estimate of drug-likeness (QED) is 0.786. The van der Waals surface area contributed by atoms with Gasteiger partial charge in [-0.05, 0) is 38.4 Å². The van der Waals surface area contributed by atoms with E-state index in [9.17, 15) is 4.79 Å². The van der Waals surface area contributed by atoms with Crippen molar-refractivity contribution in [2.45, 2.75) is 57.3 Å². The number of fused-ring (bicyclic) bond motifs is 2. The van der Waals surface area contributed by atoms with Crippen LogP contribution >= 0.6 is 0 Å². The van der Waals surface area contributed by atoms with Crippen molar-refractivity contribution in [1.29, 1.82) is 0 Å². The number of rotatable bonds is 2. The number of benzene rings is 1. The van der Waals surface area contributed by atoms with Crippen molar-refractivity contribution < 1.29 is 14.3 Å². The molecule has 0 amide bonds. The number of carbonyl (C=O) groups is 1. The van der Waals surface area contributed by atoms with Gasteiger partial charge >= 0.3 is 5.97 Å². The van der Waals surface area contributed by atoms with E-state index in [4.69, 9.17) is 9.47 Å². The maximum atomic E-state index is 12.9. The number of piperidine rings is 1. The van der Waals surface area contributed by atoms with Gasteiger partial charge in [0, 0.05) is 30.3 Å². The summed E-state index contributed by atoms with van der Waals surface area (Å²) in [7, 11) is 2.19. The summed E-state index contributed by atoms with van der Waals surface area (Å²) < 4.78 is 13.5. The first-order valence-electron chi connectivity index (χ1n) is 9.17. The van der Waals surface area contributed by atoms with Crippen molar-refractivity contribution >= 4 is 16.9 Å². The molecule has 6 heteroatoms. The predicted molar refractivity (Wildman–Crippen MR) is 93.0 cm³/mol. The third-order valence-electron chi connectivity index (χ3n) is 6.15. The molecule has 2 aromatic rings. The van der Waals surface area contributed by atoms with Crippen molar-refractivity contribution in [3.63, 3.8) is 0 Å². The predicted octanol–water partition coefficient (Wildman–Crippen LogP) is 2.52. The lowest BCUT2D eigenvalue weighted by molar-refractivity contribution is -0.000901. The van der Waals surface area contributed by atoms with Crippen LogP contribution in [0.3, 0.4) is 0 Å². The van der Waals surface area contributed by atoms with Crippen LogP contribution < -0.4 is 4.74 Å². The summed E-state index contributed by atoms with van der Waals surface area (Å²) in [5.74, 6) is 0.510. The Kier molecular flexibility index (Phi) is 3.32. The molecule has 0 radical (unpaired) electrons. The molecule has 2 fully saturated rings. The Labute approximate surface area is 146 Å². The Hall–Kier alpha value is -2.08. The zero-order valence-electron chi connectivity index (χ0n) is 14.7. The zero-order valence-corrected chi connectivity index (χ0v) is 14.7. The van der Waals surface area contributed by atoms with Crippen LogP contribution in [0.2, 0.25) is 0 Å². The van der Waals surface area contributed by atoms with Gasteiger partial charge in [-0.15, -0.1) is 0 Å². The van der Waals surface area contributed by atoms with Gasteiger partial charge in [0.2, 0.25) is 0 Å². The lowest BCUT2D eigenvalue weighted by Crippen LogP contribution is -2.43. The van der Waals surface area contributed by atoms with E-state index in [0.29, 0.717) is 30.9 Å². The molecule has 3 aliphatic heterocycles. The molecule has 1 aromatic heterocycles. The number of hydrogen-bond donors (Lipinski definition) is 0. The lowest BCUT2D eigenvalue weighted by Gasteiger charge is -2.35. The summed E-state index contributed by atoms with van der Waals surface area (Å²) in [6.07, 6.45) is 4.31. The molecule has 0 saturated carbocycles. The van der Waals surface area contributed by atoms with Crippen LogP contribution in [0.1, 0.15) is 41.7 Å². The highest BCUT2D eigenvalue weighted by Crippen LogP contribution is 2.37. The molecule has 6 nitrogen and oxygen atoms in total. The SMILES string of the molecule is Cc1ccc2c3c1c(C(=O)OC1CC4CCC(C1)N4C)nn3CCO2. The summed E-state index contributed by atoms with van der Waals surface area (Å²) in [5, 5.41) is 5.44. The van der Waals surface area contributed by atoms with E-state index in [1.807, 2.05) is 23.7 Å². The minimum atomic E-state index is -0.292. The molecule has 2 atom stereocenters. The van der Waals surface area contributed by atoms with E-state index < -0.39 is 0 Å². The lowest BCUT2D eigenvalue weighted by atomic mass is 10.0. The fourth-order valence-electron chi connectivity index (χ4n) is 4.78. The van der Waals surface area contributed by atoms with Crippen molar-refractivity contribution in [3.8, 4) is 5.75 Å². The molecule has 2 saturated heterocycles. The molecule has 0 aliphatic carbocycles. The number of aryl methyl sites for hydroxylation is 1. The molecule has 2 unspecified atom stereocenters. The highest BCUT2D eigenvalue weighted by molar-refractivity contribution is 6.05. The highest BCUT2D eigenvalue weighted by atomic mass is 16.5. The second-order valence-electron chi connectivity index (χ2n) is 7.57. The van der Waals surface area contributed by atoms with Crippen LogP contribution in [0.25, 0.3) is 10.9 Å². The van der Waals surface area contributed by atoms with Crippen LogP contribution in [0, 0.1) is 6.92 Å². The highest BCUT2D eigenvalue weighted by Gasteiger charge is 2.40. The van der Waals surface area contributed by atoms with Crippen molar-refractivity contribution in [2.24, 2.45) is 0 Å². The van der Waals surface area contributed by atoms with E-state index in [0.717, 1.165) is 35.1 Å². The first-order chi connectivity index (χ1) is 12.1. The van der Waals surface area contributed by atoms with E-state index in [1.54, 1.807) is 0 Å². The summed E-state index contributed by atoms with van der Waals surface area (Å²) >= 11 is 0. The van der Waals surface area contributed by atoms with Gasteiger partial charge in [0.15, 0.2) is 5.69 Å². The second-order valence-corrected chi connectivity index (χ2v) is 7.57. The molecule has 25 heavy (non-hydrogen) atoms. The standard InChI is InChI=1S/C19H23N3O3/c1-11-3-6-15-18-16(11)17(20-22(18)7-8-24-15)19(23)25-14-9-12-4-5-13(10-14)21(12)2/h3,6,12-14H,4-5,7-10H2,1-2H3. The number of nitrogens with zero attached hydrogens (tertiary/aromatic N) is 3. The molecule has 5 rings (SSSR count).